The smallest absolute Gasteiger partial charge is 0.131 e. The summed E-state index contributed by atoms with van der Waals surface area (Å²) >= 11 is 0. The molecule has 0 saturated heterocycles. The van der Waals surface area contributed by atoms with Crippen molar-refractivity contribution in [2.24, 2.45) is 5.11 Å². The van der Waals surface area contributed by atoms with Crippen molar-refractivity contribution < 1.29 is 14.2 Å². The minimum absolute atomic E-state index is 0.298. The van der Waals surface area contributed by atoms with E-state index in [1.54, 1.807) is 6.92 Å². The lowest BCUT2D eigenvalue weighted by atomic mass is 9.93. The molecule has 0 aliphatic carbocycles. The van der Waals surface area contributed by atoms with Crippen LogP contribution in [0, 0.1) is 11.8 Å². The van der Waals surface area contributed by atoms with E-state index >= 15 is 0 Å². The van der Waals surface area contributed by atoms with Gasteiger partial charge in [0.1, 0.15) is 29.8 Å². The van der Waals surface area contributed by atoms with Gasteiger partial charge in [-0.1, -0.05) is 102 Å². The molecule has 4 atom stereocenters. The summed E-state index contributed by atoms with van der Waals surface area (Å²) in [5.41, 5.74) is 13.3. The van der Waals surface area contributed by atoms with E-state index in [1.807, 2.05) is 102 Å². The summed E-state index contributed by atoms with van der Waals surface area (Å²) in [4.78, 5) is 7.92. The number of fused-ring (bicyclic) bond motifs is 1. The molecule has 0 radical (unpaired) electrons. The van der Waals surface area contributed by atoms with Crippen LogP contribution in [0.15, 0.2) is 102 Å². The van der Waals surface area contributed by atoms with Crippen molar-refractivity contribution in [1.82, 2.24) is 9.55 Å². The zero-order valence-corrected chi connectivity index (χ0v) is 22.3. The van der Waals surface area contributed by atoms with Gasteiger partial charge in [-0.2, -0.15) is 0 Å². The highest BCUT2D eigenvalue weighted by Gasteiger charge is 2.45. The Kier molecular flexibility index (Phi) is 9.25. The van der Waals surface area contributed by atoms with Crippen molar-refractivity contribution in [2.45, 2.75) is 51.0 Å². The predicted octanol–water partition coefficient (Wildman–Crippen LogP) is 6.55. The lowest BCUT2D eigenvalue weighted by Crippen LogP contribution is -2.48. The van der Waals surface area contributed by atoms with E-state index in [9.17, 15) is 5.53 Å². The Bertz CT molecular complexity index is 1470. The maximum atomic E-state index is 9.56. The van der Waals surface area contributed by atoms with Crippen molar-refractivity contribution in [3.63, 3.8) is 0 Å². The normalized spacial score (nSPS) is 19.6. The SMILES string of the molecule is CC#Cc1cn2c(n1)C(N=[N+]=[N-])[C@H](OCc1ccccc1)[C@H](OCc1ccccc1)C2COCc1ccccc1. The van der Waals surface area contributed by atoms with Crippen LogP contribution in [0.3, 0.4) is 0 Å². The van der Waals surface area contributed by atoms with Gasteiger partial charge >= 0.3 is 0 Å². The molecule has 40 heavy (non-hydrogen) atoms. The van der Waals surface area contributed by atoms with Crippen LogP contribution < -0.4 is 0 Å². The molecular weight excluding hydrogens is 502 g/mol. The van der Waals surface area contributed by atoms with Crippen molar-refractivity contribution in [1.29, 1.82) is 0 Å². The van der Waals surface area contributed by atoms with E-state index in [4.69, 9.17) is 19.2 Å². The second-order valence-electron chi connectivity index (χ2n) is 9.51. The third-order valence-corrected chi connectivity index (χ3v) is 6.80. The summed E-state index contributed by atoms with van der Waals surface area (Å²) in [5, 5.41) is 4.16. The Morgan fingerprint density at radius 3 is 1.93 bits per heavy atom. The zero-order valence-electron chi connectivity index (χ0n) is 22.3. The highest BCUT2D eigenvalue weighted by atomic mass is 16.5. The molecule has 2 unspecified atom stereocenters. The number of imidazole rings is 1. The topological polar surface area (TPSA) is 94.3 Å². The molecule has 1 aliphatic heterocycles. The Hall–Kier alpha value is -4.38. The summed E-state index contributed by atoms with van der Waals surface area (Å²) in [6.07, 6.45) is 0.774. The average molecular weight is 534 g/mol. The van der Waals surface area contributed by atoms with Crippen LogP contribution in [-0.4, -0.2) is 28.4 Å². The summed E-state index contributed by atoms with van der Waals surface area (Å²) in [6.45, 7) is 3.24. The van der Waals surface area contributed by atoms with Crippen molar-refractivity contribution in [3.05, 3.63) is 136 Å². The molecule has 0 spiro atoms. The molecular formula is C32H31N5O3. The number of rotatable bonds is 11. The van der Waals surface area contributed by atoms with Gasteiger partial charge in [0.05, 0.1) is 32.5 Å². The number of aromatic nitrogens is 2. The van der Waals surface area contributed by atoms with E-state index in [0.29, 0.717) is 37.9 Å². The Morgan fingerprint density at radius 2 is 1.38 bits per heavy atom. The van der Waals surface area contributed by atoms with Gasteiger partial charge in [-0.3, -0.25) is 0 Å². The summed E-state index contributed by atoms with van der Waals surface area (Å²) in [5.74, 6) is 6.53. The molecule has 0 fully saturated rings. The molecule has 0 saturated carbocycles. The van der Waals surface area contributed by atoms with E-state index in [0.717, 1.165) is 16.7 Å². The number of ether oxygens (including phenoxy) is 3. The van der Waals surface area contributed by atoms with Gasteiger partial charge < -0.3 is 18.8 Å². The second-order valence-corrected chi connectivity index (χ2v) is 9.51. The minimum atomic E-state index is -0.715. The Labute approximate surface area is 234 Å². The molecule has 8 heteroatoms. The Balaban J connectivity index is 1.51. The van der Waals surface area contributed by atoms with Gasteiger partial charge in [0, 0.05) is 11.1 Å². The van der Waals surface area contributed by atoms with E-state index in [2.05, 4.69) is 21.9 Å². The fourth-order valence-electron chi connectivity index (χ4n) is 4.93. The molecule has 0 N–H and O–H groups in total. The van der Waals surface area contributed by atoms with E-state index in [-0.39, 0.29) is 6.04 Å². The first-order valence-corrected chi connectivity index (χ1v) is 13.2. The molecule has 4 aromatic rings. The molecule has 2 heterocycles. The molecule has 8 nitrogen and oxygen atoms in total. The summed E-state index contributed by atoms with van der Waals surface area (Å²) in [7, 11) is 0. The first kappa shape index (κ1) is 27.2. The molecule has 1 aliphatic rings. The standard InChI is InChI=1S/C32H31N5O3/c1-2-12-27-19-37-28(23-38-20-24-13-6-3-7-14-24)30(39-21-25-15-8-4-9-16-25)31(29(35-36-33)32(37)34-27)40-22-26-17-10-5-11-18-26/h3-11,13-19,28-31H,20-23H2,1H3/t28?,29?,30-,31+/m1/s1. The van der Waals surface area contributed by atoms with Crippen LogP contribution in [0.2, 0.25) is 0 Å². The van der Waals surface area contributed by atoms with Gasteiger partial charge in [-0.15, -0.1) is 0 Å². The Morgan fingerprint density at radius 1 is 0.825 bits per heavy atom. The number of nitrogens with zero attached hydrogens (tertiary/aromatic N) is 5. The molecule has 0 bridgehead atoms. The van der Waals surface area contributed by atoms with E-state index in [1.165, 1.54) is 0 Å². The van der Waals surface area contributed by atoms with Gasteiger partial charge in [-0.25, -0.2) is 4.98 Å². The predicted molar refractivity (Wildman–Crippen MR) is 152 cm³/mol. The van der Waals surface area contributed by atoms with Crippen LogP contribution in [0.5, 0.6) is 0 Å². The number of hydrogen-bond acceptors (Lipinski definition) is 5. The van der Waals surface area contributed by atoms with Gasteiger partial charge in [-0.05, 0) is 35.1 Å². The maximum absolute atomic E-state index is 9.56. The molecule has 3 aromatic carbocycles. The van der Waals surface area contributed by atoms with Gasteiger partial charge in [0.15, 0.2) is 0 Å². The number of azide groups is 1. The van der Waals surface area contributed by atoms with Gasteiger partial charge in [0.2, 0.25) is 0 Å². The van der Waals surface area contributed by atoms with Gasteiger partial charge in [0.25, 0.3) is 0 Å². The average Bonchev–Trinajstić information content (AvgIpc) is 3.42. The first-order valence-electron chi connectivity index (χ1n) is 13.2. The lowest BCUT2D eigenvalue weighted by molar-refractivity contribution is -0.138. The van der Waals surface area contributed by atoms with Crippen LogP contribution in [0.4, 0.5) is 0 Å². The first-order chi connectivity index (χ1) is 19.8. The quantitative estimate of drug-likeness (QED) is 0.0946. The van der Waals surface area contributed by atoms with E-state index < -0.39 is 18.2 Å². The largest absolute Gasteiger partial charge is 0.375 e. The van der Waals surface area contributed by atoms with Crippen LogP contribution >= 0.6 is 0 Å². The highest BCUT2D eigenvalue weighted by Crippen LogP contribution is 2.39. The minimum Gasteiger partial charge on any atom is -0.375 e. The second kappa shape index (κ2) is 13.6. The summed E-state index contributed by atoms with van der Waals surface area (Å²) in [6, 6.07) is 28.9. The monoisotopic (exact) mass is 533 g/mol. The highest BCUT2D eigenvalue weighted by molar-refractivity contribution is 5.29. The van der Waals surface area contributed by atoms with Crippen LogP contribution in [0.25, 0.3) is 10.4 Å². The molecule has 0 amide bonds. The van der Waals surface area contributed by atoms with Crippen molar-refractivity contribution in [2.75, 3.05) is 6.61 Å². The molecule has 202 valence electrons. The fourth-order valence-corrected chi connectivity index (χ4v) is 4.93. The maximum Gasteiger partial charge on any atom is 0.131 e. The fraction of sp³-hybridized carbons (Fsp3) is 0.281. The number of hydrogen-bond donors (Lipinski definition) is 0. The molecule has 5 rings (SSSR count). The summed E-state index contributed by atoms with van der Waals surface area (Å²) < 4.78 is 21.4. The third kappa shape index (κ3) is 6.60. The third-order valence-electron chi connectivity index (χ3n) is 6.80. The van der Waals surface area contributed by atoms with Crippen molar-refractivity contribution in [3.8, 4) is 11.8 Å². The van der Waals surface area contributed by atoms with Crippen molar-refractivity contribution >= 4 is 0 Å². The van der Waals surface area contributed by atoms with Crippen LogP contribution in [-0.2, 0) is 34.0 Å². The lowest BCUT2D eigenvalue weighted by Gasteiger charge is -2.41. The van der Waals surface area contributed by atoms with Crippen LogP contribution in [0.1, 0.15) is 47.2 Å². The number of benzene rings is 3. The molecule has 1 aromatic heterocycles. The zero-order chi connectivity index (χ0) is 27.6.